The van der Waals surface area contributed by atoms with E-state index < -0.39 is 27.5 Å². The van der Waals surface area contributed by atoms with Gasteiger partial charge < -0.3 is 10.2 Å². The Morgan fingerprint density at radius 2 is 1.96 bits per heavy atom. The topological polar surface area (TPSA) is 94.9 Å². The Hall–Kier alpha value is -1.44. The number of nitrogens with zero attached hydrogens (tertiary/aromatic N) is 1. The van der Waals surface area contributed by atoms with Crippen LogP contribution in [0.25, 0.3) is 0 Å². The van der Waals surface area contributed by atoms with Gasteiger partial charge in [0.15, 0.2) is 0 Å². The number of carboxylic acids is 1. The zero-order chi connectivity index (χ0) is 17.3. The Labute approximate surface area is 136 Å². The van der Waals surface area contributed by atoms with Gasteiger partial charge in [0, 0.05) is 13.1 Å². The molecule has 1 heterocycles. The standard InChI is InChI=1S/C16H23NO5S/c1-3-9-16(15(19)20)11-17(10-8-14(16)18)23(21,22)13-6-4-12(2)5-7-13/h4-7,14,18H,3,8-11H2,1-2H3,(H,19,20)/t14?,16-/m0/s1. The van der Waals surface area contributed by atoms with Crippen molar-refractivity contribution in [2.75, 3.05) is 13.1 Å². The molecule has 0 radical (unpaired) electrons. The van der Waals surface area contributed by atoms with Crippen LogP contribution >= 0.6 is 0 Å². The molecule has 1 fully saturated rings. The number of hydrogen-bond donors (Lipinski definition) is 2. The predicted octanol–water partition coefficient (Wildman–Crippen LogP) is 1.62. The molecule has 6 nitrogen and oxygen atoms in total. The summed E-state index contributed by atoms with van der Waals surface area (Å²) in [4.78, 5) is 11.9. The molecule has 0 spiro atoms. The lowest BCUT2D eigenvalue weighted by Crippen LogP contribution is -2.57. The molecule has 2 N–H and O–H groups in total. The number of sulfonamides is 1. The van der Waals surface area contributed by atoms with Crippen molar-refractivity contribution in [3.8, 4) is 0 Å². The van der Waals surface area contributed by atoms with E-state index in [1.54, 1.807) is 12.1 Å². The highest BCUT2D eigenvalue weighted by molar-refractivity contribution is 7.89. The largest absolute Gasteiger partial charge is 0.481 e. The molecule has 23 heavy (non-hydrogen) atoms. The molecule has 0 bridgehead atoms. The SMILES string of the molecule is CCC[C@]1(C(=O)O)CN(S(=O)(=O)c2ccc(C)cc2)CCC1O. The van der Waals surface area contributed by atoms with Crippen molar-refractivity contribution in [2.24, 2.45) is 5.41 Å². The van der Waals surface area contributed by atoms with Gasteiger partial charge in [-0.05, 0) is 31.9 Å². The van der Waals surface area contributed by atoms with Gasteiger partial charge >= 0.3 is 5.97 Å². The van der Waals surface area contributed by atoms with E-state index in [-0.39, 0.29) is 30.8 Å². The predicted molar refractivity (Wildman–Crippen MR) is 85.5 cm³/mol. The van der Waals surface area contributed by atoms with Gasteiger partial charge in [-0.3, -0.25) is 4.79 Å². The van der Waals surface area contributed by atoms with Crippen LogP contribution in [0.1, 0.15) is 31.7 Å². The molecular weight excluding hydrogens is 318 g/mol. The first-order valence-electron chi connectivity index (χ1n) is 7.72. The number of aliphatic hydroxyl groups is 1. The quantitative estimate of drug-likeness (QED) is 0.848. The van der Waals surface area contributed by atoms with Gasteiger partial charge in [-0.1, -0.05) is 31.0 Å². The van der Waals surface area contributed by atoms with Crippen LogP contribution in [-0.2, 0) is 14.8 Å². The van der Waals surface area contributed by atoms with E-state index in [9.17, 15) is 23.4 Å². The van der Waals surface area contributed by atoms with Crippen molar-refractivity contribution in [1.82, 2.24) is 4.31 Å². The number of aliphatic hydroxyl groups excluding tert-OH is 1. The molecule has 1 unspecified atom stereocenters. The minimum atomic E-state index is -3.77. The van der Waals surface area contributed by atoms with E-state index in [4.69, 9.17) is 0 Å². The van der Waals surface area contributed by atoms with Crippen LogP contribution in [0.4, 0.5) is 0 Å². The summed E-state index contributed by atoms with van der Waals surface area (Å²) in [5.41, 5.74) is -0.492. The molecular formula is C16H23NO5S. The molecule has 0 saturated carbocycles. The van der Waals surface area contributed by atoms with Crippen LogP contribution in [0.15, 0.2) is 29.2 Å². The van der Waals surface area contributed by atoms with Crippen LogP contribution in [0.5, 0.6) is 0 Å². The molecule has 1 aliphatic heterocycles. The molecule has 1 aromatic rings. The van der Waals surface area contributed by atoms with Crippen LogP contribution in [0.2, 0.25) is 0 Å². The fourth-order valence-corrected chi connectivity index (χ4v) is 4.64. The van der Waals surface area contributed by atoms with E-state index in [1.165, 1.54) is 16.4 Å². The Bertz CT molecular complexity index is 670. The zero-order valence-electron chi connectivity index (χ0n) is 13.4. The van der Waals surface area contributed by atoms with Crippen LogP contribution in [-0.4, -0.2) is 48.1 Å². The molecule has 128 valence electrons. The number of carbonyl (C=O) groups is 1. The first-order valence-corrected chi connectivity index (χ1v) is 9.16. The number of aryl methyl sites for hydroxylation is 1. The first-order chi connectivity index (χ1) is 10.7. The summed E-state index contributed by atoms with van der Waals surface area (Å²) in [6.07, 6.45) is -0.118. The van der Waals surface area contributed by atoms with Crippen molar-refractivity contribution in [3.63, 3.8) is 0 Å². The van der Waals surface area contributed by atoms with Crippen molar-refractivity contribution < 1.29 is 23.4 Å². The van der Waals surface area contributed by atoms with E-state index in [0.29, 0.717) is 6.42 Å². The Morgan fingerprint density at radius 3 is 2.48 bits per heavy atom. The molecule has 1 aliphatic rings. The van der Waals surface area contributed by atoms with Crippen molar-refractivity contribution in [1.29, 1.82) is 0 Å². The summed E-state index contributed by atoms with van der Waals surface area (Å²) in [5.74, 6) is -1.14. The highest BCUT2D eigenvalue weighted by Crippen LogP contribution is 2.37. The average molecular weight is 341 g/mol. The Kier molecular flexibility index (Phi) is 5.13. The van der Waals surface area contributed by atoms with Gasteiger partial charge in [0.1, 0.15) is 5.41 Å². The third kappa shape index (κ3) is 3.27. The summed E-state index contributed by atoms with van der Waals surface area (Å²) in [6, 6.07) is 6.47. The summed E-state index contributed by atoms with van der Waals surface area (Å²) in [5, 5.41) is 19.8. The van der Waals surface area contributed by atoms with Crippen LogP contribution < -0.4 is 0 Å². The van der Waals surface area contributed by atoms with E-state index in [2.05, 4.69) is 0 Å². The average Bonchev–Trinajstić information content (AvgIpc) is 2.49. The van der Waals surface area contributed by atoms with E-state index in [1.807, 2.05) is 13.8 Å². The molecule has 0 aromatic heterocycles. The molecule has 1 aromatic carbocycles. The Morgan fingerprint density at radius 1 is 1.35 bits per heavy atom. The van der Waals surface area contributed by atoms with Gasteiger partial charge in [-0.25, -0.2) is 8.42 Å². The second-order valence-corrected chi connectivity index (χ2v) is 8.11. The molecule has 1 saturated heterocycles. The zero-order valence-corrected chi connectivity index (χ0v) is 14.2. The van der Waals surface area contributed by atoms with Gasteiger partial charge in [0.25, 0.3) is 0 Å². The van der Waals surface area contributed by atoms with Gasteiger partial charge in [0.2, 0.25) is 10.0 Å². The molecule has 2 rings (SSSR count). The second kappa shape index (κ2) is 6.59. The summed E-state index contributed by atoms with van der Waals surface area (Å²) in [6.45, 7) is 3.61. The van der Waals surface area contributed by atoms with E-state index in [0.717, 1.165) is 5.56 Å². The minimum Gasteiger partial charge on any atom is -0.481 e. The summed E-state index contributed by atoms with van der Waals surface area (Å²) in [7, 11) is -3.77. The highest BCUT2D eigenvalue weighted by atomic mass is 32.2. The first kappa shape index (κ1) is 17.9. The summed E-state index contributed by atoms with van der Waals surface area (Å²) < 4.78 is 26.7. The lowest BCUT2D eigenvalue weighted by molar-refractivity contribution is -0.161. The number of hydrogen-bond acceptors (Lipinski definition) is 4. The third-order valence-electron chi connectivity index (χ3n) is 4.53. The van der Waals surface area contributed by atoms with Gasteiger partial charge in [0.05, 0.1) is 11.0 Å². The van der Waals surface area contributed by atoms with Gasteiger partial charge in [-0.2, -0.15) is 4.31 Å². The van der Waals surface area contributed by atoms with Crippen molar-refractivity contribution in [3.05, 3.63) is 29.8 Å². The van der Waals surface area contributed by atoms with Crippen LogP contribution in [0.3, 0.4) is 0 Å². The highest BCUT2D eigenvalue weighted by Gasteiger charge is 2.50. The third-order valence-corrected chi connectivity index (χ3v) is 6.39. The Balaban J connectivity index is 2.36. The maximum atomic E-state index is 12.8. The number of benzene rings is 1. The maximum Gasteiger partial charge on any atom is 0.313 e. The number of aliphatic carboxylic acids is 1. The number of rotatable bonds is 5. The summed E-state index contributed by atoms with van der Waals surface area (Å²) >= 11 is 0. The lowest BCUT2D eigenvalue weighted by atomic mass is 9.74. The monoisotopic (exact) mass is 341 g/mol. The fraction of sp³-hybridized carbons (Fsp3) is 0.562. The molecule has 0 aliphatic carbocycles. The smallest absolute Gasteiger partial charge is 0.313 e. The van der Waals surface area contributed by atoms with Crippen molar-refractivity contribution in [2.45, 2.75) is 44.1 Å². The lowest BCUT2D eigenvalue weighted by Gasteiger charge is -2.42. The normalized spacial score (nSPS) is 26.1. The minimum absolute atomic E-state index is 0.121. The van der Waals surface area contributed by atoms with E-state index >= 15 is 0 Å². The molecule has 2 atom stereocenters. The molecule has 7 heteroatoms. The number of piperidine rings is 1. The molecule has 0 amide bonds. The fourth-order valence-electron chi connectivity index (χ4n) is 3.12. The van der Waals surface area contributed by atoms with Gasteiger partial charge in [-0.15, -0.1) is 0 Å². The second-order valence-electron chi connectivity index (χ2n) is 6.17. The van der Waals surface area contributed by atoms with Crippen molar-refractivity contribution >= 4 is 16.0 Å². The van der Waals surface area contributed by atoms with Crippen LogP contribution in [0, 0.1) is 12.3 Å². The maximum absolute atomic E-state index is 12.8. The number of carboxylic acid groups (broad SMARTS) is 1.